The molecule has 0 bridgehead atoms. The van der Waals surface area contributed by atoms with E-state index in [9.17, 15) is 19.5 Å². The van der Waals surface area contributed by atoms with Gasteiger partial charge in [-0.2, -0.15) is 0 Å². The van der Waals surface area contributed by atoms with E-state index in [0.29, 0.717) is 11.6 Å². The van der Waals surface area contributed by atoms with Gasteiger partial charge in [-0.1, -0.05) is 6.92 Å². The second-order valence-electron chi connectivity index (χ2n) is 7.39. The predicted octanol–water partition coefficient (Wildman–Crippen LogP) is 2.02. The number of anilines is 2. The molecular weight excluding hydrogens is 392 g/mol. The molecule has 0 atom stereocenters. The number of carboxylic acids is 1. The molecule has 0 saturated carbocycles. The molecule has 3 rings (SSSR count). The van der Waals surface area contributed by atoms with Crippen molar-refractivity contribution in [2.75, 3.05) is 50.4 Å². The lowest BCUT2D eigenvalue weighted by Crippen LogP contribution is -2.40. The van der Waals surface area contributed by atoms with Crippen molar-refractivity contribution in [3.63, 3.8) is 0 Å². The van der Waals surface area contributed by atoms with Gasteiger partial charge in [0.15, 0.2) is 0 Å². The summed E-state index contributed by atoms with van der Waals surface area (Å²) < 4.78 is 15.3. The number of hydrogen-bond acceptors (Lipinski definition) is 8. The Balaban J connectivity index is 2.15. The summed E-state index contributed by atoms with van der Waals surface area (Å²) in [6.07, 6.45) is 2.01. The zero-order valence-corrected chi connectivity index (χ0v) is 17.3. The summed E-state index contributed by atoms with van der Waals surface area (Å²) in [6, 6.07) is 4.76. The maximum Gasteiger partial charge on any atom is 0.355 e. The molecule has 0 amide bonds. The Morgan fingerprint density at radius 3 is 2.33 bits per heavy atom. The summed E-state index contributed by atoms with van der Waals surface area (Å²) in [6.45, 7) is 3.66. The van der Waals surface area contributed by atoms with Gasteiger partial charge in [-0.3, -0.25) is 0 Å². The van der Waals surface area contributed by atoms with Crippen LogP contribution in [0.2, 0.25) is 0 Å². The maximum atomic E-state index is 12.6. The molecule has 9 nitrogen and oxygen atoms in total. The van der Waals surface area contributed by atoms with Crippen molar-refractivity contribution in [2.45, 2.75) is 19.8 Å². The van der Waals surface area contributed by atoms with E-state index >= 15 is 0 Å². The van der Waals surface area contributed by atoms with E-state index in [1.54, 1.807) is 6.07 Å². The minimum atomic E-state index is -1.09. The SMILES string of the molecule is COC(=O)C1=C(C(=O)OC)N(c2cc(C(=O)O)ccc2N2CCC(C)CC2)COC1. The average molecular weight is 418 g/mol. The van der Waals surface area contributed by atoms with Crippen LogP contribution in [-0.2, 0) is 23.8 Å². The highest BCUT2D eigenvalue weighted by atomic mass is 16.5. The molecule has 0 radical (unpaired) electrons. The molecule has 0 spiro atoms. The van der Waals surface area contributed by atoms with Crippen molar-refractivity contribution in [2.24, 2.45) is 5.92 Å². The van der Waals surface area contributed by atoms with Crippen molar-refractivity contribution in [1.29, 1.82) is 0 Å². The first kappa shape index (κ1) is 21.6. The van der Waals surface area contributed by atoms with E-state index in [-0.39, 0.29) is 30.2 Å². The van der Waals surface area contributed by atoms with E-state index in [0.717, 1.165) is 31.6 Å². The van der Waals surface area contributed by atoms with Crippen molar-refractivity contribution in [1.82, 2.24) is 0 Å². The number of piperidine rings is 1. The van der Waals surface area contributed by atoms with Crippen LogP contribution in [0.25, 0.3) is 0 Å². The number of aromatic carboxylic acids is 1. The van der Waals surface area contributed by atoms with Crippen LogP contribution in [0.4, 0.5) is 11.4 Å². The van der Waals surface area contributed by atoms with Crippen LogP contribution >= 0.6 is 0 Å². The molecule has 30 heavy (non-hydrogen) atoms. The van der Waals surface area contributed by atoms with Gasteiger partial charge in [0.2, 0.25) is 0 Å². The summed E-state index contributed by atoms with van der Waals surface area (Å²) in [5.41, 5.74) is 1.31. The molecule has 0 aliphatic carbocycles. The number of ether oxygens (including phenoxy) is 3. The monoisotopic (exact) mass is 418 g/mol. The van der Waals surface area contributed by atoms with Crippen LogP contribution < -0.4 is 9.80 Å². The molecule has 1 fully saturated rings. The number of carbonyl (C=O) groups is 3. The van der Waals surface area contributed by atoms with Crippen LogP contribution in [0.5, 0.6) is 0 Å². The van der Waals surface area contributed by atoms with Gasteiger partial charge >= 0.3 is 17.9 Å². The topological polar surface area (TPSA) is 106 Å². The van der Waals surface area contributed by atoms with Gasteiger partial charge in [-0.25, -0.2) is 14.4 Å². The van der Waals surface area contributed by atoms with Crippen LogP contribution in [0.1, 0.15) is 30.1 Å². The zero-order valence-electron chi connectivity index (χ0n) is 17.3. The van der Waals surface area contributed by atoms with Gasteiger partial charge < -0.3 is 29.1 Å². The summed E-state index contributed by atoms with van der Waals surface area (Å²) >= 11 is 0. The normalized spacial score (nSPS) is 17.7. The summed E-state index contributed by atoms with van der Waals surface area (Å²) in [5, 5.41) is 9.50. The second-order valence-corrected chi connectivity index (χ2v) is 7.39. The first-order chi connectivity index (χ1) is 14.4. The number of nitrogens with zero attached hydrogens (tertiary/aromatic N) is 2. The molecule has 1 N–H and O–H groups in total. The molecular formula is C21H26N2O7. The lowest BCUT2D eigenvalue weighted by atomic mass is 9.98. The number of esters is 2. The third kappa shape index (κ3) is 4.25. The number of hydrogen-bond donors (Lipinski definition) is 1. The van der Waals surface area contributed by atoms with E-state index in [1.165, 1.54) is 31.3 Å². The van der Waals surface area contributed by atoms with Gasteiger partial charge in [0.05, 0.1) is 43.3 Å². The van der Waals surface area contributed by atoms with Crippen molar-refractivity contribution >= 4 is 29.3 Å². The summed E-state index contributed by atoms with van der Waals surface area (Å²) in [7, 11) is 2.44. The number of carbonyl (C=O) groups excluding carboxylic acids is 2. The number of benzene rings is 1. The van der Waals surface area contributed by atoms with Crippen LogP contribution in [-0.4, -0.2) is 63.7 Å². The lowest BCUT2D eigenvalue weighted by Gasteiger charge is -2.38. The minimum absolute atomic E-state index is 0.00948. The summed E-state index contributed by atoms with van der Waals surface area (Å²) in [5.74, 6) is -1.91. The van der Waals surface area contributed by atoms with E-state index in [4.69, 9.17) is 14.2 Å². The van der Waals surface area contributed by atoms with Crippen molar-refractivity contribution in [3.05, 3.63) is 35.0 Å². The largest absolute Gasteiger partial charge is 0.478 e. The number of carboxylic acid groups (broad SMARTS) is 1. The minimum Gasteiger partial charge on any atom is -0.478 e. The van der Waals surface area contributed by atoms with E-state index < -0.39 is 17.9 Å². The third-order valence-corrected chi connectivity index (χ3v) is 5.47. The highest BCUT2D eigenvalue weighted by Gasteiger charge is 2.34. The second kappa shape index (κ2) is 9.17. The number of methoxy groups -OCH3 is 2. The molecule has 2 aliphatic heterocycles. The third-order valence-electron chi connectivity index (χ3n) is 5.47. The standard InChI is InChI=1S/C21H26N2O7/c1-13-6-8-22(9-7-13)16-5-4-14(19(24)25)10-17(16)23-12-30-11-15(20(26)28-2)18(23)21(27)29-3/h4-5,10,13H,6-9,11-12H2,1-3H3,(H,24,25). The van der Waals surface area contributed by atoms with Crippen LogP contribution in [0, 0.1) is 5.92 Å². The zero-order chi connectivity index (χ0) is 21.8. The lowest BCUT2D eigenvalue weighted by molar-refractivity contribution is -0.140. The fraction of sp³-hybridized carbons (Fsp3) is 0.476. The molecule has 9 heteroatoms. The maximum absolute atomic E-state index is 12.6. The van der Waals surface area contributed by atoms with E-state index in [2.05, 4.69) is 11.8 Å². The molecule has 1 aromatic carbocycles. The van der Waals surface area contributed by atoms with Crippen LogP contribution in [0.3, 0.4) is 0 Å². The Bertz CT molecular complexity index is 872. The molecule has 0 unspecified atom stereocenters. The Kier molecular flexibility index (Phi) is 6.61. The van der Waals surface area contributed by atoms with Gasteiger partial charge in [0, 0.05) is 13.1 Å². The Morgan fingerprint density at radius 2 is 1.73 bits per heavy atom. The Morgan fingerprint density at radius 1 is 1.07 bits per heavy atom. The van der Waals surface area contributed by atoms with Crippen molar-refractivity contribution < 1.29 is 33.7 Å². The smallest absolute Gasteiger partial charge is 0.355 e. The van der Waals surface area contributed by atoms with Crippen molar-refractivity contribution in [3.8, 4) is 0 Å². The first-order valence-electron chi connectivity index (χ1n) is 9.74. The Hall–Kier alpha value is -3.07. The molecule has 2 aliphatic rings. The molecule has 1 aromatic rings. The highest BCUT2D eigenvalue weighted by Crippen LogP contribution is 2.37. The molecule has 0 aromatic heterocycles. The van der Waals surface area contributed by atoms with E-state index in [1.807, 2.05) is 0 Å². The van der Waals surface area contributed by atoms with Gasteiger partial charge in [-0.05, 0) is 37.0 Å². The quantitative estimate of drug-likeness (QED) is 0.719. The predicted molar refractivity (Wildman–Crippen MR) is 108 cm³/mol. The van der Waals surface area contributed by atoms with Crippen LogP contribution in [0.15, 0.2) is 29.5 Å². The Labute approximate surface area is 174 Å². The molecule has 2 heterocycles. The first-order valence-corrected chi connectivity index (χ1v) is 9.74. The van der Waals surface area contributed by atoms with Gasteiger partial charge in [0.25, 0.3) is 0 Å². The van der Waals surface area contributed by atoms with Gasteiger partial charge in [0.1, 0.15) is 12.4 Å². The fourth-order valence-electron chi connectivity index (χ4n) is 3.72. The van der Waals surface area contributed by atoms with Gasteiger partial charge in [-0.15, -0.1) is 0 Å². The molecule has 162 valence electrons. The number of rotatable bonds is 5. The molecule has 1 saturated heterocycles. The fourth-order valence-corrected chi connectivity index (χ4v) is 3.72. The summed E-state index contributed by atoms with van der Waals surface area (Å²) in [4.78, 5) is 40.1. The average Bonchev–Trinajstić information content (AvgIpc) is 2.77. The highest BCUT2D eigenvalue weighted by molar-refractivity contribution is 6.04.